The fraction of sp³-hybridized carbons (Fsp3) is 0.0952. The number of thiophene rings is 1. The Labute approximate surface area is 209 Å². The lowest BCUT2D eigenvalue weighted by atomic mass is 10.2. The van der Waals surface area contributed by atoms with Gasteiger partial charge < -0.3 is 9.84 Å². The number of hydrazone groups is 1. The highest BCUT2D eigenvalue weighted by Gasteiger charge is 2.20. The van der Waals surface area contributed by atoms with Crippen LogP contribution in [-0.2, 0) is 14.8 Å². The average Bonchev–Trinajstić information content (AvgIpc) is 3.33. The third kappa shape index (κ3) is 6.26. The van der Waals surface area contributed by atoms with Crippen molar-refractivity contribution >= 4 is 68.3 Å². The van der Waals surface area contributed by atoms with Gasteiger partial charge in [0.1, 0.15) is 9.96 Å². The van der Waals surface area contributed by atoms with Gasteiger partial charge in [-0.15, -0.1) is 11.3 Å². The molecule has 0 aliphatic heterocycles. The SMILES string of the molecule is CC(Oc1c(Cl)cccc1C=NNC(=O)c1cc(Cl)ccc1NS(=O)(=O)c1cccs1)C(=O)O. The molecule has 13 heteroatoms. The third-order valence-electron chi connectivity index (χ3n) is 4.24. The van der Waals surface area contributed by atoms with Gasteiger partial charge in [0.15, 0.2) is 6.10 Å². The normalized spacial score (nSPS) is 12.3. The van der Waals surface area contributed by atoms with Gasteiger partial charge in [-0.2, -0.15) is 5.10 Å². The molecule has 0 aliphatic carbocycles. The maximum atomic E-state index is 12.7. The summed E-state index contributed by atoms with van der Waals surface area (Å²) in [7, 11) is -3.90. The Bertz CT molecular complexity index is 1340. The largest absolute Gasteiger partial charge is 0.479 e. The van der Waals surface area contributed by atoms with E-state index < -0.39 is 28.0 Å². The van der Waals surface area contributed by atoms with Crippen LogP contribution in [0, 0.1) is 0 Å². The van der Waals surface area contributed by atoms with Crippen molar-refractivity contribution in [3.8, 4) is 5.75 Å². The molecule has 3 N–H and O–H groups in total. The number of carbonyl (C=O) groups is 2. The number of nitrogens with one attached hydrogen (secondary N) is 2. The summed E-state index contributed by atoms with van der Waals surface area (Å²) in [6.07, 6.45) is 0.0419. The molecule has 9 nitrogen and oxygen atoms in total. The third-order valence-corrected chi connectivity index (χ3v) is 7.54. The Morgan fingerprint density at radius 2 is 1.94 bits per heavy atom. The summed E-state index contributed by atoms with van der Waals surface area (Å²) in [6.45, 7) is 1.34. The zero-order valence-corrected chi connectivity index (χ0v) is 20.5. The molecule has 0 fully saturated rings. The molecule has 1 amide bonds. The molecular weight excluding hydrogens is 525 g/mol. The van der Waals surface area contributed by atoms with E-state index in [1.54, 1.807) is 23.6 Å². The molecule has 0 saturated carbocycles. The van der Waals surface area contributed by atoms with Crippen molar-refractivity contribution in [3.05, 3.63) is 75.1 Å². The molecule has 1 unspecified atom stereocenters. The molecule has 3 rings (SSSR count). The van der Waals surface area contributed by atoms with Gasteiger partial charge in [-0.3, -0.25) is 9.52 Å². The van der Waals surface area contributed by atoms with Gasteiger partial charge in [0.25, 0.3) is 15.9 Å². The number of carbonyl (C=O) groups excluding carboxylic acids is 1. The van der Waals surface area contributed by atoms with Crippen molar-refractivity contribution in [1.82, 2.24) is 5.43 Å². The van der Waals surface area contributed by atoms with E-state index in [0.717, 1.165) is 11.3 Å². The van der Waals surface area contributed by atoms with Crippen molar-refractivity contribution in [2.24, 2.45) is 5.10 Å². The van der Waals surface area contributed by atoms with E-state index in [4.69, 9.17) is 33.0 Å². The number of benzene rings is 2. The maximum Gasteiger partial charge on any atom is 0.344 e. The van der Waals surface area contributed by atoms with Gasteiger partial charge in [-0.1, -0.05) is 35.3 Å². The van der Waals surface area contributed by atoms with Crippen molar-refractivity contribution in [2.45, 2.75) is 17.2 Å². The van der Waals surface area contributed by atoms with E-state index in [2.05, 4.69) is 15.2 Å². The number of rotatable bonds is 9. The van der Waals surface area contributed by atoms with Crippen LogP contribution in [-0.4, -0.2) is 37.7 Å². The first-order valence-electron chi connectivity index (χ1n) is 9.45. The van der Waals surface area contributed by atoms with Crippen LogP contribution in [0.5, 0.6) is 5.75 Å². The number of aliphatic carboxylic acids is 1. The highest BCUT2D eigenvalue weighted by molar-refractivity contribution is 7.94. The maximum absolute atomic E-state index is 12.7. The molecule has 3 aromatic rings. The van der Waals surface area contributed by atoms with E-state index in [0.29, 0.717) is 5.56 Å². The van der Waals surface area contributed by atoms with Crippen molar-refractivity contribution in [3.63, 3.8) is 0 Å². The molecule has 0 bridgehead atoms. The number of ether oxygens (including phenoxy) is 1. The standard InChI is InChI=1S/C21H17Cl2N3O6S2/c1-12(21(28)29)32-19-13(4-2-5-16(19)23)11-24-25-20(27)15-10-14(22)7-8-17(15)26-34(30,31)18-6-3-9-33-18/h2-12,26H,1H3,(H,25,27)(H,28,29). The summed E-state index contributed by atoms with van der Waals surface area (Å²) in [4.78, 5) is 23.9. The molecule has 178 valence electrons. The second-order valence-corrected chi connectivity index (χ2v) is 10.4. The van der Waals surface area contributed by atoms with Crippen molar-refractivity contribution < 1.29 is 27.9 Å². The lowest BCUT2D eigenvalue weighted by Gasteiger charge is -2.14. The van der Waals surface area contributed by atoms with Gasteiger partial charge in [-0.25, -0.2) is 18.6 Å². The first-order chi connectivity index (χ1) is 16.1. The molecule has 0 aliphatic rings. The molecule has 0 saturated heterocycles. The number of amides is 1. The molecule has 34 heavy (non-hydrogen) atoms. The van der Waals surface area contributed by atoms with Crippen LogP contribution in [0.3, 0.4) is 0 Å². The Morgan fingerprint density at radius 1 is 1.18 bits per heavy atom. The highest BCUT2D eigenvalue weighted by atomic mass is 35.5. The number of anilines is 1. The van der Waals surface area contributed by atoms with Crippen LogP contribution in [0.2, 0.25) is 10.0 Å². The van der Waals surface area contributed by atoms with E-state index in [9.17, 15) is 18.0 Å². The van der Waals surface area contributed by atoms with E-state index in [1.807, 2.05) is 0 Å². The predicted molar refractivity (Wildman–Crippen MR) is 131 cm³/mol. The topological polar surface area (TPSA) is 134 Å². The second kappa shape index (κ2) is 10.9. The number of carboxylic acid groups (broad SMARTS) is 1. The van der Waals surface area contributed by atoms with E-state index in [1.165, 1.54) is 43.5 Å². The summed E-state index contributed by atoms with van der Waals surface area (Å²) in [5.74, 6) is -1.86. The van der Waals surface area contributed by atoms with Crippen LogP contribution in [0.4, 0.5) is 5.69 Å². The minimum absolute atomic E-state index is 0.00700. The summed E-state index contributed by atoms with van der Waals surface area (Å²) in [5, 5.41) is 14.9. The quantitative estimate of drug-likeness (QED) is 0.270. The first-order valence-corrected chi connectivity index (χ1v) is 12.6. The number of nitrogens with zero attached hydrogens (tertiary/aromatic N) is 1. The lowest BCUT2D eigenvalue weighted by molar-refractivity contribution is -0.144. The molecule has 0 radical (unpaired) electrons. The molecule has 1 aromatic heterocycles. The number of hydrogen-bond acceptors (Lipinski definition) is 7. The number of carboxylic acids is 1. The highest BCUT2D eigenvalue weighted by Crippen LogP contribution is 2.29. The Hall–Kier alpha value is -3.12. The predicted octanol–water partition coefficient (Wildman–Crippen LogP) is 4.47. The number of para-hydroxylation sites is 1. The molecule has 1 atom stereocenters. The fourth-order valence-corrected chi connectivity index (χ4v) is 5.08. The second-order valence-electron chi connectivity index (χ2n) is 6.68. The number of hydrogen-bond donors (Lipinski definition) is 3. The van der Waals surface area contributed by atoms with Crippen LogP contribution in [0.15, 0.2) is 63.2 Å². The summed E-state index contributed by atoms with van der Waals surface area (Å²) in [6, 6.07) is 11.8. The van der Waals surface area contributed by atoms with Gasteiger partial charge in [0.05, 0.1) is 22.5 Å². The summed E-state index contributed by atoms with van der Waals surface area (Å²) >= 11 is 13.1. The average molecular weight is 542 g/mol. The number of sulfonamides is 1. The van der Waals surface area contributed by atoms with E-state index in [-0.39, 0.29) is 31.3 Å². The minimum atomic E-state index is -3.90. The van der Waals surface area contributed by atoms with Crippen molar-refractivity contribution in [2.75, 3.05) is 4.72 Å². The minimum Gasteiger partial charge on any atom is -0.479 e. The zero-order valence-electron chi connectivity index (χ0n) is 17.4. The summed E-state index contributed by atoms with van der Waals surface area (Å²) < 4.78 is 33.0. The smallest absolute Gasteiger partial charge is 0.344 e. The zero-order chi connectivity index (χ0) is 24.9. The molecule has 2 aromatic carbocycles. The van der Waals surface area contributed by atoms with Crippen LogP contribution in [0.1, 0.15) is 22.8 Å². The first kappa shape index (κ1) is 25.5. The van der Waals surface area contributed by atoms with Gasteiger partial charge in [0, 0.05) is 10.6 Å². The van der Waals surface area contributed by atoms with Crippen molar-refractivity contribution in [1.29, 1.82) is 0 Å². The summed E-state index contributed by atoms with van der Waals surface area (Å²) in [5.41, 5.74) is 2.54. The van der Waals surface area contributed by atoms with E-state index >= 15 is 0 Å². The lowest BCUT2D eigenvalue weighted by Crippen LogP contribution is -2.24. The Morgan fingerprint density at radius 3 is 2.62 bits per heavy atom. The van der Waals surface area contributed by atoms with Gasteiger partial charge in [0.2, 0.25) is 0 Å². The Kier molecular flexibility index (Phi) is 8.15. The Balaban J connectivity index is 1.82. The van der Waals surface area contributed by atoms with Crippen LogP contribution in [0.25, 0.3) is 0 Å². The monoisotopic (exact) mass is 541 g/mol. The molecule has 0 spiro atoms. The number of halogens is 2. The van der Waals surface area contributed by atoms with Gasteiger partial charge >= 0.3 is 5.97 Å². The van der Waals surface area contributed by atoms with Crippen LogP contribution >= 0.6 is 34.5 Å². The molecular formula is C21H17Cl2N3O6S2. The molecule has 1 heterocycles. The fourth-order valence-electron chi connectivity index (χ4n) is 2.60. The van der Waals surface area contributed by atoms with Gasteiger partial charge in [-0.05, 0) is 48.7 Å². The van der Waals surface area contributed by atoms with Crippen LogP contribution < -0.4 is 14.9 Å².